The molecule has 0 radical (unpaired) electrons. The number of hydrogen-bond acceptors (Lipinski definition) is 6. The highest BCUT2D eigenvalue weighted by atomic mass is 35.5. The highest BCUT2D eigenvalue weighted by molar-refractivity contribution is 8.09. The maximum atomic E-state index is 12.9. The van der Waals surface area contributed by atoms with E-state index in [0.717, 1.165) is 10.5 Å². The Hall–Kier alpha value is -1.00. The van der Waals surface area contributed by atoms with Gasteiger partial charge in [-0.2, -0.15) is 4.31 Å². The number of hydrogen-bond donors (Lipinski definition) is 2. The molecule has 1 aromatic heterocycles. The number of alkyl halides is 1. The minimum absolute atomic E-state index is 0.0590. The first kappa shape index (κ1) is 17.4. The Morgan fingerprint density at radius 2 is 2.28 bits per heavy atom. The maximum absolute atomic E-state index is 12.9. The molecular formula is C15H18ClN5O2S2. The van der Waals surface area contributed by atoms with Crippen molar-refractivity contribution in [3.05, 3.63) is 30.4 Å². The summed E-state index contributed by atoms with van der Waals surface area (Å²) in [6.45, 7) is 0.948. The Labute approximate surface area is 158 Å². The lowest BCUT2D eigenvalue weighted by Gasteiger charge is -2.52. The SMILES string of the molecule is CN1C(=N)NC2(C3SC(c4cncnc4)=CC3Cl)CCOCC2[S+]1[O-]. The van der Waals surface area contributed by atoms with Crippen molar-refractivity contribution in [1.29, 1.82) is 5.41 Å². The van der Waals surface area contributed by atoms with E-state index in [0.29, 0.717) is 19.6 Å². The van der Waals surface area contributed by atoms with Crippen LogP contribution in [0.15, 0.2) is 24.8 Å². The summed E-state index contributed by atoms with van der Waals surface area (Å²) in [7, 11) is 1.66. The molecule has 0 aromatic carbocycles. The lowest BCUT2D eigenvalue weighted by atomic mass is 9.84. The summed E-state index contributed by atoms with van der Waals surface area (Å²) in [4.78, 5) is 9.16. The van der Waals surface area contributed by atoms with Crippen molar-refractivity contribution >= 4 is 45.6 Å². The monoisotopic (exact) mass is 399 g/mol. The summed E-state index contributed by atoms with van der Waals surface area (Å²) in [5.74, 6) is 0.164. The largest absolute Gasteiger partial charge is 0.593 e. The van der Waals surface area contributed by atoms with Gasteiger partial charge in [-0.25, -0.2) is 9.97 Å². The molecule has 0 amide bonds. The molecule has 0 spiro atoms. The van der Waals surface area contributed by atoms with Gasteiger partial charge in [-0.05, 0) is 0 Å². The van der Waals surface area contributed by atoms with Crippen LogP contribution < -0.4 is 5.32 Å². The Kier molecular flexibility index (Phi) is 4.61. The highest BCUT2D eigenvalue weighted by Gasteiger charge is 2.61. The molecule has 134 valence electrons. The average Bonchev–Trinajstić information content (AvgIpc) is 3.03. The molecule has 0 saturated carbocycles. The van der Waals surface area contributed by atoms with Gasteiger partial charge in [0.25, 0.3) is 0 Å². The van der Waals surface area contributed by atoms with Crippen molar-refractivity contribution in [2.24, 2.45) is 0 Å². The van der Waals surface area contributed by atoms with Gasteiger partial charge in [0.05, 0.1) is 35.6 Å². The van der Waals surface area contributed by atoms with Gasteiger partial charge in [0, 0.05) is 35.9 Å². The molecule has 3 aliphatic rings. The Balaban J connectivity index is 1.66. The second-order valence-electron chi connectivity index (χ2n) is 6.24. The summed E-state index contributed by atoms with van der Waals surface area (Å²) in [6.07, 6.45) is 7.68. The number of nitrogens with one attached hydrogen (secondary N) is 2. The molecule has 3 aliphatic heterocycles. The zero-order chi connectivity index (χ0) is 17.6. The summed E-state index contributed by atoms with van der Waals surface area (Å²) in [6, 6.07) is 0. The molecule has 0 aliphatic carbocycles. The smallest absolute Gasteiger partial charge is 0.234 e. The number of guanidine groups is 1. The second-order valence-corrected chi connectivity index (χ2v) is 9.60. The van der Waals surface area contributed by atoms with Gasteiger partial charge in [0.1, 0.15) is 11.9 Å². The second kappa shape index (κ2) is 6.62. The van der Waals surface area contributed by atoms with Gasteiger partial charge in [-0.3, -0.25) is 5.41 Å². The number of allylic oxidation sites excluding steroid dienone is 1. The summed E-state index contributed by atoms with van der Waals surface area (Å²) < 4.78 is 19.9. The van der Waals surface area contributed by atoms with E-state index in [1.165, 1.54) is 10.6 Å². The standard InChI is InChI=1S/C15H18ClN5O2S2/c1-21-14(17)20-15(2-3-23-7-12(15)25(21)22)13-10(16)4-11(24-13)9-5-18-8-19-6-9/h4-6,8,10,12-13H,2-3,7H2,1H3,(H2,17,20). The van der Waals surface area contributed by atoms with Crippen LogP contribution in [-0.4, -0.2) is 66.5 Å². The molecule has 2 fully saturated rings. The van der Waals surface area contributed by atoms with Crippen molar-refractivity contribution in [1.82, 2.24) is 19.6 Å². The van der Waals surface area contributed by atoms with Gasteiger partial charge in [0.15, 0.2) is 5.25 Å². The molecular weight excluding hydrogens is 382 g/mol. The molecule has 7 nitrogen and oxygen atoms in total. The van der Waals surface area contributed by atoms with E-state index in [1.54, 1.807) is 31.2 Å². The van der Waals surface area contributed by atoms with Crippen LogP contribution in [0.2, 0.25) is 0 Å². The Morgan fingerprint density at radius 1 is 1.52 bits per heavy atom. The first-order chi connectivity index (χ1) is 12.0. The summed E-state index contributed by atoms with van der Waals surface area (Å²) in [5, 5.41) is 11.0. The van der Waals surface area contributed by atoms with Crippen molar-refractivity contribution in [2.45, 2.75) is 27.8 Å². The zero-order valence-corrected chi connectivity index (χ0v) is 15.9. The number of aromatic nitrogens is 2. The van der Waals surface area contributed by atoms with Gasteiger partial charge in [0.2, 0.25) is 5.96 Å². The van der Waals surface area contributed by atoms with E-state index in [-0.39, 0.29) is 21.8 Å². The highest BCUT2D eigenvalue weighted by Crippen LogP contribution is 2.50. The number of rotatable bonds is 2. The first-order valence-electron chi connectivity index (χ1n) is 7.90. The lowest BCUT2D eigenvalue weighted by molar-refractivity contribution is 0.0440. The maximum Gasteiger partial charge on any atom is 0.234 e. The molecule has 5 atom stereocenters. The third kappa shape index (κ3) is 2.82. The fourth-order valence-electron chi connectivity index (χ4n) is 3.55. The third-order valence-corrected chi connectivity index (χ3v) is 8.78. The molecule has 10 heteroatoms. The van der Waals surface area contributed by atoms with E-state index in [9.17, 15) is 4.55 Å². The molecule has 25 heavy (non-hydrogen) atoms. The van der Waals surface area contributed by atoms with Crippen LogP contribution >= 0.6 is 23.4 Å². The van der Waals surface area contributed by atoms with Crippen molar-refractivity contribution in [3.8, 4) is 0 Å². The van der Waals surface area contributed by atoms with E-state index in [4.69, 9.17) is 21.7 Å². The Bertz CT molecular complexity index is 708. The fourth-order valence-corrected chi connectivity index (χ4v) is 7.22. The molecule has 4 heterocycles. The van der Waals surface area contributed by atoms with Crippen LogP contribution in [0.5, 0.6) is 0 Å². The minimum atomic E-state index is -1.34. The van der Waals surface area contributed by atoms with E-state index >= 15 is 0 Å². The minimum Gasteiger partial charge on any atom is -0.593 e. The van der Waals surface area contributed by atoms with Gasteiger partial charge >= 0.3 is 0 Å². The topological polar surface area (TPSA) is 97.2 Å². The van der Waals surface area contributed by atoms with E-state index in [1.807, 2.05) is 6.08 Å². The van der Waals surface area contributed by atoms with Gasteiger partial charge < -0.3 is 14.6 Å². The van der Waals surface area contributed by atoms with Crippen molar-refractivity contribution in [2.75, 3.05) is 20.3 Å². The van der Waals surface area contributed by atoms with E-state index < -0.39 is 16.9 Å². The number of nitrogens with zero attached hydrogens (tertiary/aromatic N) is 3. The molecule has 2 N–H and O–H groups in total. The number of fused-ring (bicyclic) bond motifs is 1. The molecule has 5 unspecified atom stereocenters. The molecule has 4 rings (SSSR count). The van der Waals surface area contributed by atoms with Crippen molar-refractivity contribution in [3.63, 3.8) is 0 Å². The number of ether oxygens (including phenoxy) is 1. The van der Waals surface area contributed by atoms with Crippen molar-refractivity contribution < 1.29 is 9.29 Å². The Morgan fingerprint density at radius 3 is 3.04 bits per heavy atom. The van der Waals surface area contributed by atoms with Crippen LogP contribution in [-0.2, 0) is 16.1 Å². The van der Waals surface area contributed by atoms with E-state index in [2.05, 4.69) is 15.3 Å². The van der Waals surface area contributed by atoms with Gasteiger partial charge in [-0.1, -0.05) is 6.08 Å². The third-order valence-electron chi connectivity index (χ3n) is 4.89. The number of halogens is 1. The molecule has 0 bridgehead atoms. The quantitative estimate of drug-likeness (QED) is 0.569. The van der Waals surface area contributed by atoms with Crippen LogP contribution in [0.25, 0.3) is 4.91 Å². The van der Waals surface area contributed by atoms with Crippen LogP contribution in [0.3, 0.4) is 0 Å². The average molecular weight is 400 g/mol. The summed E-state index contributed by atoms with van der Waals surface area (Å²) in [5.41, 5.74) is 0.377. The van der Waals surface area contributed by atoms with Gasteiger partial charge in [-0.15, -0.1) is 23.4 Å². The first-order valence-corrected chi connectivity index (χ1v) is 10.4. The fraction of sp³-hybridized carbons (Fsp3) is 0.533. The summed E-state index contributed by atoms with van der Waals surface area (Å²) >= 11 is 7.01. The molecule has 2 saturated heterocycles. The lowest BCUT2D eigenvalue weighted by Crippen LogP contribution is -2.76. The molecule has 1 aromatic rings. The predicted molar refractivity (Wildman–Crippen MR) is 99.8 cm³/mol. The normalized spacial score (nSPS) is 38.1. The zero-order valence-electron chi connectivity index (χ0n) is 13.5. The predicted octanol–water partition coefficient (Wildman–Crippen LogP) is 1.20. The number of thioether (sulfide) groups is 1. The van der Waals surface area contributed by atoms with Crippen LogP contribution in [0.4, 0.5) is 0 Å². The van der Waals surface area contributed by atoms with Crippen LogP contribution in [0, 0.1) is 5.41 Å². The van der Waals surface area contributed by atoms with Crippen LogP contribution in [0.1, 0.15) is 12.0 Å².